The molecule has 158 valence electrons. The lowest BCUT2D eigenvalue weighted by Gasteiger charge is -2.11. The summed E-state index contributed by atoms with van der Waals surface area (Å²) in [6.07, 6.45) is 3.19. The van der Waals surface area contributed by atoms with Crippen molar-refractivity contribution in [2.75, 3.05) is 13.7 Å². The van der Waals surface area contributed by atoms with Gasteiger partial charge in [0.2, 0.25) is 0 Å². The monoisotopic (exact) mass is 416 g/mol. The molecular weight excluding hydrogens is 392 g/mol. The number of nitrogens with zero attached hydrogens (tertiary/aromatic N) is 1. The average molecular weight is 416 g/mol. The number of hydrazone groups is 1. The molecule has 0 bridgehead atoms. The average Bonchev–Trinajstić information content (AvgIpc) is 2.82. The second kappa shape index (κ2) is 11.2. The molecule has 0 saturated heterocycles. The molecule has 0 heterocycles. The second-order valence-corrected chi connectivity index (χ2v) is 6.48. The highest BCUT2D eigenvalue weighted by atomic mass is 16.5. The number of ether oxygens (including phenoxy) is 3. The Labute approximate surface area is 181 Å². The van der Waals surface area contributed by atoms with Crippen LogP contribution in [0.1, 0.15) is 21.5 Å². The zero-order valence-corrected chi connectivity index (χ0v) is 17.3. The van der Waals surface area contributed by atoms with Gasteiger partial charge in [0.1, 0.15) is 19.0 Å². The molecule has 31 heavy (non-hydrogen) atoms. The van der Waals surface area contributed by atoms with E-state index in [-0.39, 0.29) is 5.91 Å². The van der Waals surface area contributed by atoms with Crippen LogP contribution in [-0.4, -0.2) is 25.8 Å². The van der Waals surface area contributed by atoms with Crippen LogP contribution in [0.4, 0.5) is 0 Å². The minimum absolute atomic E-state index is 0.363. The predicted octanol–water partition coefficient (Wildman–Crippen LogP) is 4.60. The molecule has 1 N–H and O–H groups in total. The van der Waals surface area contributed by atoms with Gasteiger partial charge in [-0.2, -0.15) is 5.10 Å². The van der Waals surface area contributed by atoms with E-state index in [1.165, 1.54) is 6.21 Å². The van der Waals surface area contributed by atoms with E-state index in [1.807, 2.05) is 42.5 Å². The van der Waals surface area contributed by atoms with Gasteiger partial charge in [0.25, 0.3) is 5.91 Å². The molecule has 6 nitrogen and oxygen atoms in total. The number of amides is 1. The Morgan fingerprint density at radius 2 is 1.74 bits per heavy atom. The Morgan fingerprint density at radius 3 is 2.52 bits per heavy atom. The van der Waals surface area contributed by atoms with E-state index >= 15 is 0 Å². The highest BCUT2D eigenvalue weighted by molar-refractivity contribution is 5.97. The van der Waals surface area contributed by atoms with Gasteiger partial charge in [-0.15, -0.1) is 0 Å². The molecule has 0 saturated carbocycles. The third-order valence-electron chi connectivity index (χ3n) is 4.29. The fourth-order valence-corrected chi connectivity index (χ4v) is 2.77. The minimum atomic E-state index is -0.363. The Kier molecular flexibility index (Phi) is 7.83. The third-order valence-corrected chi connectivity index (χ3v) is 4.29. The van der Waals surface area contributed by atoms with Gasteiger partial charge in [-0.25, -0.2) is 5.43 Å². The van der Waals surface area contributed by atoms with Gasteiger partial charge < -0.3 is 14.2 Å². The number of carbonyl (C=O) groups is 1. The van der Waals surface area contributed by atoms with Crippen LogP contribution in [0, 0.1) is 0 Å². The quantitative estimate of drug-likeness (QED) is 0.298. The first kappa shape index (κ1) is 21.6. The van der Waals surface area contributed by atoms with E-state index in [0.29, 0.717) is 36.0 Å². The topological polar surface area (TPSA) is 69.2 Å². The summed E-state index contributed by atoms with van der Waals surface area (Å²) in [7, 11) is 1.56. The number of rotatable bonds is 10. The molecule has 0 spiro atoms. The van der Waals surface area contributed by atoms with Gasteiger partial charge in [0.05, 0.1) is 18.9 Å². The minimum Gasteiger partial charge on any atom is -0.493 e. The van der Waals surface area contributed by atoms with Crippen molar-refractivity contribution in [2.24, 2.45) is 5.10 Å². The molecule has 0 aliphatic rings. The van der Waals surface area contributed by atoms with Crippen molar-refractivity contribution in [1.29, 1.82) is 0 Å². The van der Waals surface area contributed by atoms with Crippen LogP contribution < -0.4 is 19.6 Å². The zero-order valence-electron chi connectivity index (χ0n) is 17.3. The number of para-hydroxylation sites is 1. The highest BCUT2D eigenvalue weighted by Crippen LogP contribution is 2.27. The van der Waals surface area contributed by atoms with Gasteiger partial charge in [0, 0.05) is 0 Å². The summed E-state index contributed by atoms with van der Waals surface area (Å²) < 4.78 is 16.7. The summed E-state index contributed by atoms with van der Waals surface area (Å²) in [6, 6.07) is 22.2. The molecule has 0 aromatic heterocycles. The van der Waals surface area contributed by atoms with Gasteiger partial charge >= 0.3 is 0 Å². The largest absolute Gasteiger partial charge is 0.493 e. The molecule has 0 aliphatic carbocycles. The van der Waals surface area contributed by atoms with Crippen molar-refractivity contribution in [2.45, 2.75) is 6.61 Å². The van der Waals surface area contributed by atoms with E-state index in [0.717, 1.165) is 11.1 Å². The first-order chi connectivity index (χ1) is 15.2. The molecule has 0 radical (unpaired) electrons. The third kappa shape index (κ3) is 6.21. The van der Waals surface area contributed by atoms with Gasteiger partial charge in [-0.1, -0.05) is 55.1 Å². The van der Waals surface area contributed by atoms with E-state index < -0.39 is 0 Å². The predicted molar refractivity (Wildman–Crippen MR) is 121 cm³/mol. The van der Waals surface area contributed by atoms with E-state index in [4.69, 9.17) is 14.2 Å². The number of hydrogen-bond donors (Lipinski definition) is 1. The molecule has 0 atom stereocenters. The Balaban J connectivity index is 1.64. The molecule has 3 aromatic rings. The maximum Gasteiger partial charge on any atom is 0.275 e. The first-order valence-electron chi connectivity index (χ1n) is 9.72. The van der Waals surface area contributed by atoms with Crippen molar-refractivity contribution in [1.82, 2.24) is 5.43 Å². The SMILES string of the molecule is C=CCOc1ccc(/C=N/NC(=O)c2ccccc2OCc2ccccc2)cc1OC. The number of hydrogen-bond acceptors (Lipinski definition) is 5. The lowest BCUT2D eigenvalue weighted by Crippen LogP contribution is -2.18. The fourth-order valence-electron chi connectivity index (χ4n) is 2.77. The first-order valence-corrected chi connectivity index (χ1v) is 9.72. The van der Waals surface area contributed by atoms with Crippen LogP contribution in [-0.2, 0) is 6.61 Å². The lowest BCUT2D eigenvalue weighted by molar-refractivity contribution is 0.0950. The number of methoxy groups -OCH3 is 1. The summed E-state index contributed by atoms with van der Waals surface area (Å²) in [4.78, 5) is 12.6. The number of carbonyl (C=O) groups excluding carboxylic acids is 1. The smallest absolute Gasteiger partial charge is 0.275 e. The van der Waals surface area contributed by atoms with Gasteiger partial charge in [-0.3, -0.25) is 4.79 Å². The van der Waals surface area contributed by atoms with E-state index in [2.05, 4.69) is 17.1 Å². The molecule has 0 unspecified atom stereocenters. The maximum absolute atomic E-state index is 12.6. The van der Waals surface area contributed by atoms with Crippen LogP contribution in [0.3, 0.4) is 0 Å². The Morgan fingerprint density at radius 1 is 0.968 bits per heavy atom. The summed E-state index contributed by atoms with van der Waals surface area (Å²) in [5.41, 5.74) is 4.71. The summed E-state index contributed by atoms with van der Waals surface area (Å²) >= 11 is 0. The number of nitrogens with one attached hydrogen (secondary N) is 1. The molecule has 0 aliphatic heterocycles. The van der Waals surface area contributed by atoms with Crippen molar-refractivity contribution in [3.05, 3.63) is 102 Å². The highest BCUT2D eigenvalue weighted by Gasteiger charge is 2.11. The van der Waals surface area contributed by atoms with Crippen molar-refractivity contribution in [3.63, 3.8) is 0 Å². The molecule has 3 aromatic carbocycles. The van der Waals surface area contributed by atoms with Crippen LogP contribution in [0.25, 0.3) is 0 Å². The fraction of sp³-hybridized carbons (Fsp3) is 0.120. The van der Waals surface area contributed by atoms with Crippen molar-refractivity contribution < 1.29 is 19.0 Å². The van der Waals surface area contributed by atoms with Gasteiger partial charge in [-0.05, 0) is 41.5 Å². The Hall–Kier alpha value is -4.06. The van der Waals surface area contributed by atoms with E-state index in [1.54, 1.807) is 43.5 Å². The normalized spacial score (nSPS) is 10.5. The van der Waals surface area contributed by atoms with Crippen LogP contribution in [0.15, 0.2) is 90.6 Å². The molecule has 6 heteroatoms. The van der Waals surface area contributed by atoms with Crippen LogP contribution >= 0.6 is 0 Å². The second-order valence-electron chi connectivity index (χ2n) is 6.48. The summed E-state index contributed by atoms with van der Waals surface area (Å²) in [5.74, 6) is 1.30. The standard InChI is InChI=1S/C25H24N2O4/c1-3-15-30-23-14-13-20(16-24(23)29-2)17-26-27-25(28)21-11-7-8-12-22(21)31-18-19-9-5-4-6-10-19/h3-14,16-17H,1,15,18H2,2H3,(H,27,28)/b26-17+. The lowest BCUT2D eigenvalue weighted by atomic mass is 10.2. The molecule has 3 rings (SSSR count). The van der Waals surface area contributed by atoms with Crippen molar-refractivity contribution >= 4 is 12.1 Å². The van der Waals surface area contributed by atoms with E-state index in [9.17, 15) is 4.79 Å². The Bertz CT molecular complexity index is 1050. The number of benzene rings is 3. The maximum atomic E-state index is 12.6. The summed E-state index contributed by atoms with van der Waals surface area (Å²) in [6.45, 7) is 4.38. The van der Waals surface area contributed by atoms with Gasteiger partial charge in [0.15, 0.2) is 11.5 Å². The van der Waals surface area contributed by atoms with Crippen LogP contribution in [0.2, 0.25) is 0 Å². The zero-order chi connectivity index (χ0) is 21.9. The summed E-state index contributed by atoms with van der Waals surface area (Å²) in [5, 5.41) is 4.05. The van der Waals surface area contributed by atoms with Crippen molar-refractivity contribution in [3.8, 4) is 17.2 Å². The molecule has 1 amide bonds. The molecular formula is C25H24N2O4. The van der Waals surface area contributed by atoms with Crippen LogP contribution in [0.5, 0.6) is 17.2 Å². The molecule has 0 fully saturated rings.